The number of ketones is 1. The van der Waals surface area contributed by atoms with E-state index in [2.05, 4.69) is 13.8 Å². The number of Topliss-reactive ketones (excluding diaryl/α,β-unsaturated/α-hetero) is 1. The molecule has 14 heavy (non-hydrogen) atoms. The number of hydrogen-bond donors (Lipinski definition) is 0. The van der Waals surface area contributed by atoms with Crippen molar-refractivity contribution in [1.29, 1.82) is 0 Å². The van der Waals surface area contributed by atoms with Gasteiger partial charge >= 0.3 is 0 Å². The van der Waals surface area contributed by atoms with Gasteiger partial charge in [0.15, 0.2) is 0 Å². The van der Waals surface area contributed by atoms with Gasteiger partial charge in [0.1, 0.15) is 5.78 Å². The highest BCUT2D eigenvalue weighted by molar-refractivity contribution is 8.00. The largest absolute Gasteiger partial charge is 0.472 e. The zero-order chi connectivity index (χ0) is 10.4. The molecule has 0 aliphatic heterocycles. The predicted octanol–water partition coefficient (Wildman–Crippen LogP) is 2.92. The van der Waals surface area contributed by atoms with Crippen LogP contribution in [0.1, 0.15) is 25.8 Å². The Kier molecular flexibility index (Phi) is 4.80. The maximum atomic E-state index is 11.5. The van der Waals surface area contributed by atoms with E-state index >= 15 is 0 Å². The lowest BCUT2D eigenvalue weighted by atomic mass is 10.2. The van der Waals surface area contributed by atoms with Crippen molar-refractivity contribution in [2.75, 3.05) is 5.75 Å². The molecule has 78 valence electrons. The van der Waals surface area contributed by atoms with E-state index in [1.165, 1.54) is 0 Å². The lowest BCUT2D eigenvalue weighted by molar-refractivity contribution is -0.116. The first-order chi connectivity index (χ1) is 6.72. The van der Waals surface area contributed by atoms with Gasteiger partial charge in [-0.05, 0) is 18.1 Å². The highest BCUT2D eigenvalue weighted by atomic mass is 32.2. The van der Waals surface area contributed by atoms with E-state index in [0.29, 0.717) is 17.4 Å². The van der Waals surface area contributed by atoms with Crippen LogP contribution in [-0.2, 0) is 11.2 Å². The smallest absolute Gasteiger partial charge is 0.147 e. The van der Waals surface area contributed by atoms with Crippen molar-refractivity contribution >= 4 is 17.5 Å². The van der Waals surface area contributed by atoms with E-state index < -0.39 is 0 Å². The minimum Gasteiger partial charge on any atom is -0.472 e. The summed E-state index contributed by atoms with van der Waals surface area (Å²) in [5.74, 6) is 0.886. The van der Waals surface area contributed by atoms with E-state index in [9.17, 15) is 4.79 Å². The number of rotatable bonds is 6. The first-order valence-corrected chi connectivity index (χ1v) is 5.91. The molecule has 0 fully saturated rings. The van der Waals surface area contributed by atoms with Gasteiger partial charge in [0, 0.05) is 11.7 Å². The topological polar surface area (TPSA) is 30.2 Å². The van der Waals surface area contributed by atoms with Crippen molar-refractivity contribution in [3.8, 4) is 0 Å². The zero-order valence-corrected chi connectivity index (χ0v) is 9.47. The van der Waals surface area contributed by atoms with Crippen LogP contribution in [0.2, 0.25) is 0 Å². The second kappa shape index (κ2) is 5.91. The molecule has 1 unspecified atom stereocenters. The van der Waals surface area contributed by atoms with Gasteiger partial charge in [0.2, 0.25) is 0 Å². The van der Waals surface area contributed by atoms with Crippen molar-refractivity contribution in [3.05, 3.63) is 24.2 Å². The van der Waals surface area contributed by atoms with Gasteiger partial charge < -0.3 is 4.42 Å². The lowest BCUT2D eigenvalue weighted by Gasteiger charge is -2.06. The molecule has 1 aromatic heterocycles. The summed E-state index contributed by atoms with van der Waals surface area (Å²) in [6.45, 7) is 4.29. The molecule has 0 N–H and O–H groups in total. The second-order valence-corrected chi connectivity index (χ2v) is 4.80. The molecule has 0 saturated carbocycles. The summed E-state index contributed by atoms with van der Waals surface area (Å²) in [5.41, 5.74) is 0.972. The molecule has 0 aliphatic rings. The third-order valence-electron chi connectivity index (χ3n) is 2.09. The normalized spacial score (nSPS) is 12.7. The first kappa shape index (κ1) is 11.4. The molecule has 0 spiro atoms. The van der Waals surface area contributed by atoms with E-state index in [4.69, 9.17) is 4.42 Å². The Balaban J connectivity index is 2.23. The Labute approximate surface area is 89.1 Å². The van der Waals surface area contributed by atoms with Gasteiger partial charge in [-0.1, -0.05) is 13.8 Å². The highest BCUT2D eigenvalue weighted by Crippen LogP contribution is 2.14. The van der Waals surface area contributed by atoms with Crippen molar-refractivity contribution < 1.29 is 9.21 Å². The summed E-state index contributed by atoms with van der Waals surface area (Å²) in [5, 5.41) is 0.572. The third kappa shape index (κ3) is 4.01. The van der Waals surface area contributed by atoms with Crippen LogP contribution in [-0.4, -0.2) is 16.8 Å². The number of thioether (sulfide) groups is 1. The zero-order valence-electron chi connectivity index (χ0n) is 8.66. The van der Waals surface area contributed by atoms with Gasteiger partial charge in [0.25, 0.3) is 0 Å². The van der Waals surface area contributed by atoms with Crippen LogP contribution in [0, 0.1) is 0 Å². The number of carbonyl (C=O) groups excluding carboxylic acids is 1. The monoisotopic (exact) mass is 212 g/mol. The molecule has 0 radical (unpaired) electrons. The Morgan fingerprint density at radius 3 is 3.00 bits per heavy atom. The van der Waals surface area contributed by atoms with Crippen molar-refractivity contribution in [2.45, 2.75) is 31.9 Å². The third-order valence-corrected chi connectivity index (χ3v) is 3.48. The Morgan fingerprint density at radius 1 is 1.64 bits per heavy atom. The van der Waals surface area contributed by atoms with Gasteiger partial charge in [-0.2, -0.15) is 11.8 Å². The molecular formula is C11H16O2S. The Hall–Kier alpha value is -0.700. The fourth-order valence-corrected chi connectivity index (χ4v) is 1.83. The molecule has 0 aromatic carbocycles. The fraction of sp³-hybridized carbons (Fsp3) is 0.545. The number of carbonyl (C=O) groups is 1. The fourth-order valence-electron chi connectivity index (χ4n) is 1.02. The molecule has 1 aromatic rings. The summed E-state index contributed by atoms with van der Waals surface area (Å²) in [6, 6.07) is 1.84. The van der Waals surface area contributed by atoms with Crippen molar-refractivity contribution in [3.63, 3.8) is 0 Å². The maximum Gasteiger partial charge on any atom is 0.147 e. The van der Waals surface area contributed by atoms with E-state index in [1.807, 2.05) is 6.07 Å². The molecule has 2 nitrogen and oxygen atoms in total. The summed E-state index contributed by atoms with van der Waals surface area (Å²) in [4.78, 5) is 11.5. The molecular weight excluding hydrogens is 196 g/mol. The highest BCUT2D eigenvalue weighted by Gasteiger charge is 2.07. The molecule has 1 rings (SSSR count). The molecule has 0 aliphatic carbocycles. The summed E-state index contributed by atoms with van der Waals surface area (Å²) < 4.78 is 4.90. The average molecular weight is 212 g/mol. The Bertz CT molecular complexity index is 267. The molecule has 1 atom stereocenters. The van der Waals surface area contributed by atoms with E-state index in [0.717, 1.165) is 12.0 Å². The van der Waals surface area contributed by atoms with Gasteiger partial charge in [-0.25, -0.2) is 0 Å². The summed E-state index contributed by atoms with van der Waals surface area (Å²) in [7, 11) is 0. The predicted molar refractivity (Wildman–Crippen MR) is 59.6 cm³/mol. The van der Waals surface area contributed by atoms with Crippen LogP contribution in [0.4, 0.5) is 0 Å². The SMILES string of the molecule is CCC(C)SCC(=O)Cc1ccoc1. The van der Waals surface area contributed by atoms with Crippen LogP contribution in [0.15, 0.2) is 23.0 Å². The van der Waals surface area contributed by atoms with Crippen LogP contribution in [0.25, 0.3) is 0 Å². The maximum absolute atomic E-state index is 11.5. The minimum atomic E-state index is 0.275. The van der Waals surface area contributed by atoms with Gasteiger partial charge in [-0.3, -0.25) is 4.79 Å². The van der Waals surface area contributed by atoms with Gasteiger partial charge in [0.05, 0.1) is 18.3 Å². The molecule has 0 bridgehead atoms. The van der Waals surface area contributed by atoms with Crippen LogP contribution in [0.3, 0.4) is 0 Å². The van der Waals surface area contributed by atoms with Crippen molar-refractivity contribution in [1.82, 2.24) is 0 Å². The minimum absolute atomic E-state index is 0.275. The van der Waals surface area contributed by atoms with Crippen LogP contribution in [0.5, 0.6) is 0 Å². The second-order valence-electron chi connectivity index (χ2n) is 3.38. The average Bonchev–Trinajstić information content (AvgIpc) is 2.66. The summed E-state index contributed by atoms with van der Waals surface area (Å²) >= 11 is 1.73. The van der Waals surface area contributed by atoms with E-state index in [1.54, 1.807) is 24.3 Å². The Morgan fingerprint density at radius 2 is 2.43 bits per heavy atom. The van der Waals surface area contributed by atoms with Crippen LogP contribution < -0.4 is 0 Å². The van der Waals surface area contributed by atoms with E-state index in [-0.39, 0.29) is 5.78 Å². The standard InChI is InChI=1S/C11H16O2S/c1-3-9(2)14-8-11(12)6-10-4-5-13-7-10/h4-5,7,9H,3,6,8H2,1-2H3. The van der Waals surface area contributed by atoms with Crippen molar-refractivity contribution in [2.24, 2.45) is 0 Å². The van der Waals surface area contributed by atoms with Crippen LogP contribution >= 0.6 is 11.8 Å². The molecule has 3 heteroatoms. The molecule has 1 heterocycles. The quantitative estimate of drug-likeness (QED) is 0.726. The first-order valence-electron chi connectivity index (χ1n) is 4.86. The lowest BCUT2D eigenvalue weighted by Crippen LogP contribution is -2.08. The number of furan rings is 1. The molecule has 0 saturated heterocycles. The van der Waals surface area contributed by atoms with Gasteiger partial charge in [-0.15, -0.1) is 0 Å². The number of hydrogen-bond acceptors (Lipinski definition) is 3. The molecule has 0 amide bonds. The summed E-state index contributed by atoms with van der Waals surface area (Å²) in [6.07, 6.45) is 4.85.